The van der Waals surface area contributed by atoms with Crippen LogP contribution in [0.2, 0.25) is 5.02 Å². The summed E-state index contributed by atoms with van der Waals surface area (Å²) in [6.45, 7) is 7.62. The summed E-state index contributed by atoms with van der Waals surface area (Å²) in [7, 11) is 0. The summed E-state index contributed by atoms with van der Waals surface area (Å²) in [5.41, 5.74) is 0.605. The number of hydrogen-bond acceptors (Lipinski definition) is 2. The number of hydrogen-bond donors (Lipinski definition) is 2. The molecule has 2 N–H and O–H groups in total. The molecule has 0 amide bonds. The number of halogens is 2. The third-order valence-corrected chi connectivity index (χ3v) is 2.80. The van der Waals surface area contributed by atoms with Gasteiger partial charge in [-0.25, -0.2) is 4.39 Å². The Morgan fingerprint density at radius 3 is 2.59 bits per heavy atom. The second kappa shape index (κ2) is 6.94. The summed E-state index contributed by atoms with van der Waals surface area (Å²) >= 11 is 5.72. The smallest absolute Gasteiger partial charge is 0.146 e. The van der Waals surface area contributed by atoms with Crippen LogP contribution in [-0.4, -0.2) is 18.6 Å². The van der Waals surface area contributed by atoms with Crippen LogP contribution >= 0.6 is 11.6 Å². The molecule has 0 saturated heterocycles. The topological polar surface area (TPSA) is 24.1 Å². The summed E-state index contributed by atoms with van der Waals surface area (Å²) in [5, 5.41) is 6.76. The Morgan fingerprint density at radius 2 is 1.94 bits per heavy atom. The average Bonchev–Trinajstić information content (AvgIpc) is 2.28. The van der Waals surface area contributed by atoms with Crippen LogP contribution < -0.4 is 10.6 Å². The standard InChI is InChI=1S/C13H20ClFN2/c1-9(2)16-7-10(3)17-8-11-5-4-6-12(14)13(11)15/h4-6,9-10,16-17H,7-8H2,1-3H3. The van der Waals surface area contributed by atoms with E-state index in [4.69, 9.17) is 11.6 Å². The molecule has 0 bridgehead atoms. The molecule has 0 fully saturated rings. The predicted molar refractivity (Wildman–Crippen MR) is 70.9 cm³/mol. The Labute approximate surface area is 108 Å². The van der Waals surface area contributed by atoms with E-state index in [0.717, 1.165) is 6.54 Å². The van der Waals surface area contributed by atoms with E-state index in [2.05, 4.69) is 31.4 Å². The van der Waals surface area contributed by atoms with Gasteiger partial charge in [-0.1, -0.05) is 37.6 Å². The molecule has 0 heterocycles. The van der Waals surface area contributed by atoms with Crippen molar-refractivity contribution in [3.8, 4) is 0 Å². The van der Waals surface area contributed by atoms with Gasteiger partial charge in [-0.05, 0) is 13.0 Å². The monoisotopic (exact) mass is 258 g/mol. The van der Waals surface area contributed by atoms with Gasteiger partial charge in [-0.2, -0.15) is 0 Å². The first-order valence-corrected chi connectivity index (χ1v) is 6.28. The van der Waals surface area contributed by atoms with Crippen LogP contribution in [0.4, 0.5) is 4.39 Å². The van der Waals surface area contributed by atoms with Gasteiger partial charge in [0.1, 0.15) is 5.82 Å². The molecule has 17 heavy (non-hydrogen) atoms. The van der Waals surface area contributed by atoms with E-state index in [1.54, 1.807) is 18.2 Å². The van der Waals surface area contributed by atoms with Crippen molar-refractivity contribution < 1.29 is 4.39 Å². The van der Waals surface area contributed by atoms with Crippen molar-refractivity contribution in [3.05, 3.63) is 34.6 Å². The van der Waals surface area contributed by atoms with Gasteiger partial charge in [-0.3, -0.25) is 0 Å². The average molecular weight is 259 g/mol. The Hall–Kier alpha value is -0.640. The summed E-state index contributed by atoms with van der Waals surface area (Å²) in [6.07, 6.45) is 0. The largest absolute Gasteiger partial charge is 0.313 e. The van der Waals surface area contributed by atoms with Gasteiger partial charge < -0.3 is 10.6 Å². The zero-order valence-electron chi connectivity index (χ0n) is 10.6. The van der Waals surface area contributed by atoms with E-state index in [-0.39, 0.29) is 16.9 Å². The van der Waals surface area contributed by atoms with Crippen molar-refractivity contribution in [2.24, 2.45) is 0 Å². The third kappa shape index (κ3) is 5.02. The molecule has 0 aromatic heterocycles. The van der Waals surface area contributed by atoms with Gasteiger partial charge in [0, 0.05) is 30.7 Å². The Balaban J connectivity index is 2.42. The molecule has 1 aromatic carbocycles. The van der Waals surface area contributed by atoms with Crippen LogP contribution in [0.3, 0.4) is 0 Å². The van der Waals surface area contributed by atoms with E-state index in [0.29, 0.717) is 18.2 Å². The maximum atomic E-state index is 13.6. The lowest BCUT2D eigenvalue weighted by Gasteiger charge is -2.17. The first kappa shape index (κ1) is 14.4. The summed E-state index contributed by atoms with van der Waals surface area (Å²) in [4.78, 5) is 0. The van der Waals surface area contributed by atoms with Crippen LogP contribution in [0.15, 0.2) is 18.2 Å². The molecule has 0 radical (unpaired) electrons. The van der Waals surface area contributed by atoms with Crippen molar-refractivity contribution in [1.82, 2.24) is 10.6 Å². The highest BCUT2D eigenvalue weighted by Crippen LogP contribution is 2.17. The molecule has 1 aromatic rings. The van der Waals surface area contributed by atoms with E-state index >= 15 is 0 Å². The number of benzene rings is 1. The maximum Gasteiger partial charge on any atom is 0.146 e. The predicted octanol–water partition coefficient (Wildman–Crippen LogP) is 2.96. The fourth-order valence-electron chi connectivity index (χ4n) is 1.45. The second-order valence-electron chi connectivity index (χ2n) is 4.56. The van der Waals surface area contributed by atoms with E-state index < -0.39 is 0 Å². The Kier molecular flexibility index (Phi) is 5.89. The Bertz CT molecular complexity index is 355. The Morgan fingerprint density at radius 1 is 1.24 bits per heavy atom. The molecule has 1 atom stereocenters. The quantitative estimate of drug-likeness (QED) is 0.820. The lowest BCUT2D eigenvalue weighted by molar-refractivity contribution is 0.468. The third-order valence-electron chi connectivity index (χ3n) is 2.50. The summed E-state index contributed by atoms with van der Waals surface area (Å²) in [5.74, 6) is -0.328. The second-order valence-corrected chi connectivity index (χ2v) is 4.97. The molecule has 2 nitrogen and oxygen atoms in total. The maximum absolute atomic E-state index is 13.6. The van der Waals surface area contributed by atoms with E-state index in [1.807, 2.05) is 0 Å². The van der Waals surface area contributed by atoms with Crippen LogP contribution in [0.5, 0.6) is 0 Å². The minimum Gasteiger partial charge on any atom is -0.313 e. The minimum atomic E-state index is -0.328. The van der Waals surface area contributed by atoms with Gasteiger partial charge in [0.2, 0.25) is 0 Å². The molecule has 1 rings (SSSR count). The molecule has 0 saturated carbocycles. The van der Waals surface area contributed by atoms with Crippen LogP contribution in [-0.2, 0) is 6.54 Å². The van der Waals surface area contributed by atoms with Crippen LogP contribution in [0.1, 0.15) is 26.3 Å². The summed E-state index contributed by atoms with van der Waals surface area (Å²) < 4.78 is 13.6. The fourth-order valence-corrected chi connectivity index (χ4v) is 1.65. The summed E-state index contributed by atoms with van der Waals surface area (Å²) in [6, 6.07) is 5.82. The SMILES string of the molecule is CC(C)NCC(C)NCc1cccc(Cl)c1F. The van der Waals surface area contributed by atoms with Gasteiger partial charge in [0.25, 0.3) is 0 Å². The van der Waals surface area contributed by atoms with Crippen molar-refractivity contribution >= 4 is 11.6 Å². The lowest BCUT2D eigenvalue weighted by Crippen LogP contribution is -2.38. The van der Waals surface area contributed by atoms with E-state index in [1.165, 1.54) is 0 Å². The minimum absolute atomic E-state index is 0.178. The first-order chi connectivity index (χ1) is 8.00. The molecule has 96 valence electrons. The molecule has 4 heteroatoms. The molecular formula is C13H20ClFN2. The van der Waals surface area contributed by atoms with Gasteiger partial charge >= 0.3 is 0 Å². The van der Waals surface area contributed by atoms with Crippen molar-refractivity contribution in [3.63, 3.8) is 0 Å². The van der Waals surface area contributed by atoms with Crippen molar-refractivity contribution in [1.29, 1.82) is 0 Å². The first-order valence-electron chi connectivity index (χ1n) is 5.90. The molecule has 0 aliphatic rings. The van der Waals surface area contributed by atoms with E-state index in [9.17, 15) is 4.39 Å². The highest BCUT2D eigenvalue weighted by Gasteiger charge is 2.07. The van der Waals surface area contributed by atoms with Gasteiger partial charge in [0.05, 0.1) is 5.02 Å². The number of rotatable bonds is 6. The zero-order valence-corrected chi connectivity index (χ0v) is 11.3. The van der Waals surface area contributed by atoms with Gasteiger partial charge in [0.15, 0.2) is 0 Å². The number of nitrogens with one attached hydrogen (secondary N) is 2. The highest BCUT2D eigenvalue weighted by atomic mass is 35.5. The lowest BCUT2D eigenvalue weighted by atomic mass is 10.2. The van der Waals surface area contributed by atoms with Gasteiger partial charge in [-0.15, -0.1) is 0 Å². The van der Waals surface area contributed by atoms with Crippen LogP contribution in [0, 0.1) is 5.82 Å². The highest BCUT2D eigenvalue weighted by molar-refractivity contribution is 6.30. The molecule has 0 spiro atoms. The molecule has 1 unspecified atom stereocenters. The normalized spacial score (nSPS) is 13.1. The van der Waals surface area contributed by atoms with Crippen LogP contribution in [0.25, 0.3) is 0 Å². The molecular weight excluding hydrogens is 239 g/mol. The molecule has 0 aliphatic heterocycles. The van der Waals surface area contributed by atoms with Crippen molar-refractivity contribution in [2.75, 3.05) is 6.54 Å². The zero-order chi connectivity index (χ0) is 12.8. The fraction of sp³-hybridized carbons (Fsp3) is 0.538. The van der Waals surface area contributed by atoms with Crippen molar-refractivity contribution in [2.45, 2.75) is 39.4 Å². The molecule has 0 aliphatic carbocycles.